The molecule has 0 radical (unpaired) electrons. The molecule has 1 aromatic carbocycles. The highest BCUT2D eigenvalue weighted by molar-refractivity contribution is 5.78. The molecule has 0 aromatic heterocycles. The summed E-state index contributed by atoms with van der Waals surface area (Å²) < 4.78 is 0. The summed E-state index contributed by atoms with van der Waals surface area (Å²) in [5.41, 5.74) is 1.35. The van der Waals surface area contributed by atoms with Gasteiger partial charge in [-0.1, -0.05) is 43.7 Å². The van der Waals surface area contributed by atoms with Crippen LogP contribution in [0.15, 0.2) is 30.3 Å². The van der Waals surface area contributed by atoms with Crippen LogP contribution in [0.25, 0.3) is 0 Å². The molecule has 0 saturated heterocycles. The lowest BCUT2D eigenvalue weighted by molar-refractivity contribution is -0.119. The lowest BCUT2D eigenvalue weighted by Gasteiger charge is -2.24. The number of hydrogen-bond donors (Lipinski definition) is 0. The second kappa shape index (κ2) is 8.87. The third-order valence-electron chi connectivity index (χ3n) is 3.61. The molecule has 0 spiro atoms. The van der Waals surface area contributed by atoms with E-state index >= 15 is 0 Å². The number of likely N-dealkylation sites (N-methyl/N-ethyl adjacent to an activating group) is 1. The minimum atomic E-state index is 0.418. The lowest BCUT2D eigenvalue weighted by Crippen LogP contribution is -2.30. The van der Waals surface area contributed by atoms with Gasteiger partial charge < -0.3 is 4.90 Å². The van der Waals surface area contributed by atoms with Crippen molar-refractivity contribution in [3.63, 3.8) is 0 Å². The quantitative estimate of drug-likeness (QED) is 0.675. The van der Waals surface area contributed by atoms with Gasteiger partial charge in [0.15, 0.2) is 0 Å². The molecule has 1 unspecified atom stereocenters. The Hall–Kier alpha value is -1.15. The molecule has 0 aliphatic carbocycles. The zero-order valence-corrected chi connectivity index (χ0v) is 12.6. The molecule has 0 amide bonds. The Kier molecular flexibility index (Phi) is 7.42. The predicted molar refractivity (Wildman–Crippen MR) is 81.4 cm³/mol. The van der Waals surface area contributed by atoms with Crippen molar-refractivity contribution in [3.05, 3.63) is 35.9 Å². The fraction of sp³-hybridized carbons (Fsp3) is 0.588. The number of benzene rings is 1. The van der Waals surface area contributed by atoms with E-state index in [9.17, 15) is 4.79 Å². The number of hydrogen-bond acceptors (Lipinski definition) is 2. The third-order valence-corrected chi connectivity index (χ3v) is 3.61. The number of Topliss-reactive ketones (excluding diaryl/α,β-unsaturated/α-hetero) is 1. The van der Waals surface area contributed by atoms with Crippen LogP contribution in [0.4, 0.5) is 0 Å². The number of nitrogens with zero attached hydrogens (tertiary/aromatic N) is 1. The van der Waals surface area contributed by atoms with Crippen LogP contribution in [0.3, 0.4) is 0 Å². The second-order valence-corrected chi connectivity index (χ2v) is 5.49. The number of carbonyl (C=O) groups excluding carboxylic acids is 1. The highest BCUT2D eigenvalue weighted by Gasteiger charge is 2.14. The van der Waals surface area contributed by atoms with Crippen LogP contribution in [0.1, 0.15) is 44.6 Å². The maximum Gasteiger partial charge on any atom is 0.132 e. The Labute approximate surface area is 117 Å². The number of rotatable bonds is 9. The van der Waals surface area contributed by atoms with E-state index in [4.69, 9.17) is 0 Å². The van der Waals surface area contributed by atoms with Gasteiger partial charge in [0.1, 0.15) is 5.78 Å². The van der Waals surface area contributed by atoms with Crippen LogP contribution in [0.5, 0.6) is 0 Å². The maximum absolute atomic E-state index is 11.8. The summed E-state index contributed by atoms with van der Waals surface area (Å²) in [4.78, 5) is 14.0. The summed E-state index contributed by atoms with van der Waals surface area (Å²) >= 11 is 0. The Morgan fingerprint density at radius 1 is 1.16 bits per heavy atom. The predicted octanol–water partition coefficient (Wildman–Crippen LogP) is 3.70. The summed E-state index contributed by atoms with van der Waals surface area (Å²) in [6, 6.07) is 11.0. The summed E-state index contributed by atoms with van der Waals surface area (Å²) in [6.45, 7) is 2.13. The molecule has 0 bridgehead atoms. The number of unbranched alkanes of at least 4 members (excludes halogenated alkanes) is 1. The molecule has 1 rings (SSSR count). The van der Waals surface area contributed by atoms with Gasteiger partial charge in [0.25, 0.3) is 0 Å². The van der Waals surface area contributed by atoms with Gasteiger partial charge in [-0.3, -0.25) is 4.79 Å². The number of ketones is 1. The molecular formula is C17H27NO. The highest BCUT2D eigenvalue weighted by Crippen LogP contribution is 2.13. The molecule has 0 aliphatic rings. The molecule has 0 aliphatic heterocycles. The number of carbonyl (C=O) groups is 1. The average molecular weight is 261 g/mol. The molecule has 19 heavy (non-hydrogen) atoms. The van der Waals surface area contributed by atoms with Gasteiger partial charge in [-0.05, 0) is 38.9 Å². The molecule has 106 valence electrons. The van der Waals surface area contributed by atoms with Crippen molar-refractivity contribution >= 4 is 5.78 Å². The van der Waals surface area contributed by atoms with E-state index in [1.54, 1.807) is 0 Å². The van der Waals surface area contributed by atoms with Gasteiger partial charge >= 0.3 is 0 Å². The highest BCUT2D eigenvalue weighted by atomic mass is 16.1. The average Bonchev–Trinajstić information content (AvgIpc) is 2.41. The fourth-order valence-corrected chi connectivity index (χ4v) is 2.26. The van der Waals surface area contributed by atoms with Crippen LogP contribution in [0.2, 0.25) is 0 Å². The van der Waals surface area contributed by atoms with Crippen LogP contribution >= 0.6 is 0 Å². The van der Waals surface area contributed by atoms with Crippen molar-refractivity contribution in [2.45, 2.75) is 51.5 Å². The zero-order valence-electron chi connectivity index (χ0n) is 12.6. The normalized spacial score (nSPS) is 12.6. The molecule has 1 atom stereocenters. The van der Waals surface area contributed by atoms with E-state index < -0.39 is 0 Å². The topological polar surface area (TPSA) is 20.3 Å². The Bertz CT molecular complexity index is 359. The molecule has 0 heterocycles. The largest absolute Gasteiger partial charge is 0.306 e. The van der Waals surface area contributed by atoms with E-state index in [0.29, 0.717) is 11.8 Å². The van der Waals surface area contributed by atoms with E-state index in [2.05, 4.69) is 50.2 Å². The van der Waals surface area contributed by atoms with Crippen LogP contribution in [-0.4, -0.2) is 30.8 Å². The summed E-state index contributed by atoms with van der Waals surface area (Å²) in [6.07, 6.45) is 5.59. The molecule has 1 aromatic rings. The first-order valence-electron chi connectivity index (χ1n) is 7.35. The van der Waals surface area contributed by atoms with E-state index in [1.165, 1.54) is 5.56 Å². The minimum Gasteiger partial charge on any atom is -0.306 e. The Morgan fingerprint density at radius 3 is 2.42 bits per heavy atom. The second-order valence-electron chi connectivity index (χ2n) is 5.49. The molecule has 0 saturated carbocycles. The first kappa shape index (κ1) is 15.9. The maximum atomic E-state index is 11.8. The molecular weight excluding hydrogens is 234 g/mol. The van der Waals surface area contributed by atoms with Gasteiger partial charge in [0, 0.05) is 18.9 Å². The Balaban J connectivity index is 2.43. The lowest BCUT2D eigenvalue weighted by atomic mass is 9.98. The van der Waals surface area contributed by atoms with Crippen LogP contribution < -0.4 is 0 Å². The molecule has 0 fully saturated rings. The van der Waals surface area contributed by atoms with Crippen LogP contribution in [0, 0.1) is 0 Å². The summed E-state index contributed by atoms with van der Waals surface area (Å²) in [5.74, 6) is 0.418. The molecule has 0 N–H and O–H groups in total. The van der Waals surface area contributed by atoms with E-state index in [1.807, 2.05) is 6.07 Å². The van der Waals surface area contributed by atoms with E-state index in [-0.39, 0.29) is 0 Å². The molecule has 2 nitrogen and oxygen atoms in total. The molecule has 2 heteroatoms. The first-order chi connectivity index (χ1) is 9.13. The van der Waals surface area contributed by atoms with Crippen molar-refractivity contribution in [2.24, 2.45) is 0 Å². The first-order valence-corrected chi connectivity index (χ1v) is 7.35. The van der Waals surface area contributed by atoms with Crippen LogP contribution in [-0.2, 0) is 11.2 Å². The van der Waals surface area contributed by atoms with Crippen molar-refractivity contribution in [1.82, 2.24) is 4.90 Å². The van der Waals surface area contributed by atoms with E-state index in [0.717, 1.165) is 38.5 Å². The van der Waals surface area contributed by atoms with Gasteiger partial charge in [0.2, 0.25) is 0 Å². The van der Waals surface area contributed by atoms with Gasteiger partial charge in [-0.25, -0.2) is 0 Å². The van der Waals surface area contributed by atoms with Gasteiger partial charge in [0.05, 0.1) is 0 Å². The monoisotopic (exact) mass is 261 g/mol. The Morgan fingerprint density at radius 2 is 1.84 bits per heavy atom. The minimum absolute atomic E-state index is 0.418. The van der Waals surface area contributed by atoms with Crippen molar-refractivity contribution in [1.29, 1.82) is 0 Å². The smallest absolute Gasteiger partial charge is 0.132 e. The standard InChI is InChI=1S/C17H27NO/c1-4-5-11-17(19)13-12-16(18(2)3)14-15-9-7-6-8-10-15/h6-10,16H,4-5,11-14H2,1-3H3. The van der Waals surface area contributed by atoms with Crippen molar-refractivity contribution in [3.8, 4) is 0 Å². The van der Waals surface area contributed by atoms with Gasteiger partial charge in [-0.2, -0.15) is 0 Å². The SMILES string of the molecule is CCCCC(=O)CCC(Cc1ccccc1)N(C)C. The third kappa shape index (κ3) is 6.53. The zero-order chi connectivity index (χ0) is 14.1. The summed E-state index contributed by atoms with van der Waals surface area (Å²) in [7, 11) is 4.20. The van der Waals surface area contributed by atoms with Crippen molar-refractivity contribution < 1.29 is 4.79 Å². The fourth-order valence-electron chi connectivity index (χ4n) is 2.26. The van der Waals surface area contributed by atoms with Crippen molar-refractivity contribution in [2.75, 3.05) is 14.1 Å². The summed E-state index contributed by atoms with van der Waals surface area (Å²) in [5, 5.41) is 0. The van der Waals surface area contributed by atoms with Gasteiger partial charge in [-0.15, -0.1) is 0 Å².